The lowest BCUT2D eigenvalue weighted by Crippen LogP contribution is -2.39. The number of hydrogen-bond donors (Lipinski definition) is 1. The maximum absolute atomic E-state index is 12.2. The Morgan fingerprint density at radius 3 is 2.76 bits per heavy atom. The molecule has 116 valence electrons. The van der Waals surface area contributed by atoms with Gasteiger partial charge in [-0.2, -0.15) is 4.31 Å². The molecule has 1 amide bonds. The average molecular weight is 329 g/mol. The molecule has 3 rings (SSSR count). The van der Waals surface area contributed by atoms with E-state index in [-0.39, 0.29) is 11.8 Å². The molecular formula is C13H19N3O3S2. The number of amides is 1. The van der Waals surface area contributed by atoms with Crippen molar-refractivity contribution in [3.8, 4) is 0 Å². The number of carbonyl (C=O) groups is 1. The van der Waals surface area contributed by atoms with Crippen LogP contribution in [0.4, 0.5) is 5.13 Å². The number of carbonyl (C=O) groups excluding carboxylic acids is 1. The fourth-order valence-corrected chi connectivity index (χ4v) is 4.65. The first-order chi connectivity index (χ1) is 9.88. The summed E-state index contributed by atoms with van der Waals surface area (Å²) < 4.78 is 26.0. The van der Waals surface area contributed by atoms with Crippen LogP contribution in [0, 0.1) is 5.92 Å². The Morgan fingerprint density at radius 1 is 1.43 bits per heavy atom. The van der Waals surface area contributed by atoms with Crippen molar-refractivity contribution in [3.05, 3.63) is 10.6 Å². The van der Waals surface area contributed by atoms with Crippen LogP contribution in [0.2, 0.25) is 0 Å². The highest BCUT2D eigenvalue weighted by atomic mass is 32.2. The zero-order chi connectivity index (χ0) is 15.2. The van der Waals surface area contributed by atoms with E-state index < -0.39 is 15.3 Å². The molecule has 1 aromatic heterocycles. The maximum atomic E-state index is 12.2. The Bertz CT molecular complexity index is 662. The van der Waals surface area contributed by atoms with Crippen LogP contribution in [0.1, 0.15) is 37.3 Å². The van der Waals surface area contributed by atoms with Crippen molar-refractivity contribution >= 4 is 32.4 Å². The number of rotatable bonds is 4. The van der Waals surface area contributed by atoms with Crippen LogP contribution in [0.3, 0.4) is 0 Å². The van der Waals surface area contributed by atoms with E-state index in [2.05, 4.69) is 10.3 Å². The number of nitrogens with zero attached hydrogens (tertiary/aromatic N) is 2. The van der Waals surface area contributed by atoms with E-state index in [0.717, 1.165) is 23.4 Å². The standard InChI is InChI=1S/C13H19N3O3S2/c1-8(2)21(18,19)16-6-5-10-11(7-16)20-13(14-10)15-12(17)9-3-4-9/h8-9H,3-7H2,1-2H3,(H,14,15,17). The molecule has 8 heteroatoms. The van der Waals surface area contributed by atoms with Crippen LogP contribution >= 0.6 is 11.3 Å². The van der Waals surface area contributed by atoms with Gasteiger partial charge in [-0.05, 0) is 26.7 Å². The Hall–Kier alpha value is -0.990. The molecule has 21 heavy (non-hydrogen) atoms. The average Bonchev–Trinajstić information content (AvgIpc) is 3.19. The van der Waals surface area contributed by atoms with Crippen molar-refractivity contribution in [2.45, 2.75) is 44.9 Å². The van der Waals surface area contributed by atoms with Gasteiger partial charge in [0.1, 0.15) is 0 Å². The van der Waals surface area contributed by atoms with E-state index in [4.69, 9.17) is 0 Å². The topological polar surface area (TPSA) is 79.4 Å². The number of thiazole rings is 1. The summed E-state index contributed by atoms with van der Waals surface area (Å²) in [6, 6.07) is 0. The fourth-order valence-electron chi connectivity index (χ4n) is 2.29. The van der Waals surface area contributed by atoms with Crippen molar-refractivity contribution in [1.29, 1.82) is 0 Å². The van der Waals surface area contributed by atoms with Gasteiger partial charge in [0, 0.05) is 30.3 Å². The van der Waals surface area contributed by atoms with Crippen molar-refractivity contribution in [3.63, 3.8) is 0 Å². The smallest absolute Gasteiger partial charge is 0.229 e. The summed E-state index contributed by atoms with van der Waals surface area (Å²) >= 11 is 1.39. The quantitative estimate of drug-likeness (QED) is 0.910. The number of aromatic nitrogens is 1. The summed E-state index contributed by atoms with van der Waals surface area (Å²) in [7, 11) is -3.24. The summed E-state index contributed by atoms with van der Waals surface area (Å²) in [5, 5.41) is 3.02. The van der Waals surface area contributed by atoms with E-state index >= 15 is 0 Å². The Balaban J connectivity index is 1.74. The van der Waals surface area contributed by atoms with Crippen LogP contribution in [0.5, 0.6) is 0 Å². The first-order valence-corrected chi connectivity index (χ1v) is 9.48. The molecule has 0 aromatic carbocycles. The Morgan fingerprint density at radius 2 is 2.14 bits per heavy atom. The van der Waals surface area contributed by atoms with Crippen molar-refractivity contribution in [2.75, 3.05) is 11.9 Å². The highest BCUT2D eigenvalue weighted by Crippen LogP contribution is 2.33. The number of sulfonamides is 1. The third-order valence-electron chi connectivity index (χ3n) is 3.83. The van der Waals surface area contributed by atoms with E-state index in [1.54, 1.807) is 13.8 Å². The van der Waals surface area contributed by atoms with Gasteiger partial charge in [-0.3, -0.25) is 4.79 Å². The molecule has 1 N–H and O–H groups in total. The third kappa shape index (κ3) is 2.97. The SMILES string of the molecule is CC(C)S(=O)(=O)N1CCc2nc(NC(=O)C3CC3)sc2C1. The first kappa shape index (κ1) is 14.9. The molecule has 0 atom stereocenters. The number of nitrogens with one attached hydrogen (secondary N) is 1. The lowest BCUT2D eigenvalue weighted by atomic mass is 10.2. The van der Waals surface area contributed by atoms with Gasteiger partial charge in [0.05, 0.1) is 10.9 Å². The molecule has 2 aliphatic rings. The van der Waals surface area contributed by atoms with Gasteiger partial charge in [-0.15, -0.1) is 11.3 Å². The van der Waals surface area contributed by atoms with Gasteiger partial charge in [0.15, 0.2) is 5.13 Å². The molecule has 1 aromatic rings. The minimum Gasteiger partial charge on any atom is -0.302 e. The summed E-state index contributed by atoms with van der Waals surface area (Å²) in [6.07, 6.45) is 2.52. The molecule has 6 nitrogen and oxygen atoms in total. The molecule has 1 aliphatic carbocycles. The number of hydrogen-bond acceptors (Lipinski definition) is 5. The third-order valence-corrected chi connectivity index (χ3v) is 7.05. The molecule has 0 saturated heterocycles. The molecule has 0 radical (unpaired) electrons. The number of fused-ring (bicyclic) bond motifs is 1. The normalized spacial score (nSPS) is 19.6. The predicted octanol–water partition coefficient (Wildman–Crippen LogP) is 1.59. The molecule has 1 fully saturated rings. The van der Waals surface area contributed by atoms with Gasteiger partial charge in [-0.1, -0.05) is 0 Å². The lowest BCUT2D eigenvalue weighted by Gasteiger charge is -2.26. The van der Waals surface area contributed by atoms with E-state index in [1.807, 2.05) is 0 Å². The van der Waals surface area contributed by atoms with Gasteiger partial charge < -0.3 is 5.32 Å². The van der Waals surface area contributed by atoms with Crippen LogP contribution in [0.25, 0.3) is 0 Å². The molecule has 0 spiro atoms. The van der Waals surface area contributed by atoms with Crippen molar-refractivity contribution < 1.29 is 13.2 Å². The van der Waals surface area contributed by atoms with Gasteiger partial charge in [0.25, 0.3) is 0 Å². The largest absolute Gasteiger partial charge is 0.302 e. The zero-order valence-electron chi connectivity index (χ0n) is 12.1. The Labute approximate surface area is 128 Å². The monoisotopic (exact) mass is 329 g/mol. The minimum atomic E-state index is -3.24. The van der Waals surface area contributed by atoms with E-state index in [9.17, 15) is 13.2 Å². The summed E-state index contributed by atoms with van der Waals surface area (Å²) in [4.78, 5) is 17.1. The van der Waals surface area contributed by atoms with Gasteiger partial charge in [-0.25, -0.2) is 13.4 Å². The van der Waals surface area contributed by atoms with E-state index in [0.29, 0.717) is 24.6 Å². The molecule has 1 aliphatic heterocycles. The lowest BCUT2D eigenvalue weighted by molar-refractivity contribution is -0.117. The zero-order valence-corrected chi connectivity index (χ0v) is 13.8. The molecule has 1 saturated carbocycles. The first-order valence-electron chi connectivity index (χ1n) is 7.16. The van der Waals surface area contributed by atoms with Crippen molar-refractivity contribution in [1.82, 2.24) is 9.29 Å². The van der Waals surface area contributed by atoms with Crippen LogP contribution in [-0.4, -0.2) is 35.4 Å². The van der Waals surface area contributed by atoms with Gasteiger partial charge in [0.2, 0.25) is 15.9 Å². The summed E-state index contributed by atoms with van der Waals surface area (Å²) in [5.74, 6) is 0.177. The second kappa shape index (κ2) is 5.33. The summed E-state index contributed by atoms with van der Waals surface area (Å²) in [6.45, 7) is 4.22. The predicted molar refractivity (Wildman–Crippen MR) is 81.6 cm³/mol. The van der Waals surface area contributed by atoms with Crippen molar-refractivity contribution in [2.24, 2.45) is 5.92 Å². The van der Waals surface area contributed by atoms with Crippen LogP contribution in [0.15, 0.2) is 0 Å². The van der Waals surface area contributed by atoms with Gasteiger partial charge >= 0.3 is 0 Å². The molecular weight excluding hydrogens is 310 g/mol. The second-order valence-corrected chi connectivity index (χ2v) is 9.40. The minimum absolute atomic E-state index is 0.0350. The molecule has 0 bridgehead atoms. The maximum Gasteiger partial charge on any atom is 0.229 e. The Kier molecular flexibility index (Phi) is 3.79. The van der Waals surface area contributed by atoms with E-state index in [1.165, 1.54) is 15.6 Å². The molecule has 2 heterocycles. The van der Waals surface area contributed by atoms with Crippen LogP contribution < -0.4 is 5.32 Å². The second-order valence-electron chi connectivity index (χ2n) is 5.83. The molecule has 0 unspecified atom stereocenters. The van der Waals surface area contributed by atoms with Crippen LogP contribution in [-0.2, 0) is 27.8 Å². The highest BCUT2D eigenvalue weighted by molar-refractivity contribution is 7.89. The number of anilines is 1. The highest BCUT2D eigenvalue weighted by Gasteiger charge is 2.33. The summed E-state index contributed by atoms with van der Waals surface area (Å²) in [5.41, 5.74) is 0.918. The fraction of sp³-hybridized carbons (Fsp3) is 0.692.